The van der Waals surface area contributed by atoms with E-state index in [0.29, 0.717) is 4.75 Å². The van der Waals surface area contributed by atoms with Crippen molar-refractivity contribution in [2.75, 3.05) is 20.1 Å². The van der Waals surface area contributed by atoms with Crippen LogP contribution in [0.1, 0.15) is 23.5 Å². The van der Waals surface area contributed by atoms with Crippen LogP contribution in [0.25, 0.3) is 0 Å². The predicted octanol–water partition coefficient (Wildman–Crippen LogP) is 4.10. The summed E-state index contributed by atoms with van der Waals surface area (Å²) < 4.78 is 0.324. The Morgan fingerprint density at radius 3 is 2.64 bits per heavy atom. The molecule has 1 fully saturated rings. The molecule has 1 aliphatic carbocycles. The Morgan fingerprint density at radius 1 is 1.28 bits per heavy atom. The fourth-order valence-electron chi connectivity index (χ4n) is 2.49. The summed E-state index contributed by atoms with van der Waals surface area (Å²) in [6.07, 6.45) is 3.44. The molecule has 1 saturated carbocycles. The fraction of sp³-hybridized carbons (Fsp3) is 0.444. The molecule has 3 rings (SSSR count). The summed E-state index contributed by atoms with van der Waals surface area (Å²) in [6.45, 7) is 3.84. The van der Waals surface area contributed by atoms with Crippen molar-refractivity contribution < 1.29 is 0 Å². The molecule has 0 radical (unpaired) electrons. The van der Waals surface area contributed by atoms with Crippen LogP contribution in [0.4, 0.5) is 0 Å². The van der Waals surface area contributed by atoms with Gasteiger partial charge >= 0.3 is 0 Å². The molecule has 2 aromatic rings. The van der Waals surface area contributed by atoms with Crippen LogP contribution in [-0.4, -0.2) is 35.8 Å². The van der Waals surface area contributed by atoms with Crippen molar-refractivity contribution >= 4 is 53.0 Å². The highest BCUT2D eigenvalue weighted by Crippen LogP contribution is 2.51. The second kappa shape index (κ2) is 9.78. The van der Waals surface area contributed by atoms with Crippen LogP contribution < -0.4 is 10.6 Å². The average Bonchev–Trinajstić information content (AvgIpc) is 3.23. The number of nitrogens with zero attached hydrogens (tertiary/aromatic N) is 2. The van der Waals surface area contributed by atoms with Crippen LogP contribution in [-0.2, 0) is 6.42 Å². The predicted molar refractivity (Wildman–Crippen MR) is 120 cm³/mol. The molecule has 1 heterocycles. The third kappa shape index (κ3) is 6.45. The van der Waals surface area contributed by atoms with Gasteiger partial charge in [-0.3, -0.25) is 4.99 Å². The molecule has 0 saturated heterocycles. The van der Waals surface area contributed by atoms with Crippen molar-refractivity contribution in [3.63, 3.8) is 0 Å². The summed E-state index contributed by atoms with van der Waals surface area (Å²) in [5.74, 6) is 0.877. The molecule has 0 bridgehead atoms. The zero-order valence-electron chi connectivity index (χ0n) is 14.6. The van der Waals surface area contributed by atoms with Gasteiger partial charge in [-0.25, -0.2) is 4.98 Å². The molecule has 136 valence electrons. The zero-order valence-corrected chi connectivity index (χ0v) is 18.6. The third-order valence-electron chi connectivity index (χ3n) is 4.03. The van der Waals surface area contributed by atoms with Crippen LogP contribution in [0.3, 0.4) is 0 Å². The van der Waals surface area contributed by atoms with E-state index in [4.69, 9.17) is 0 Å². The lowest BCUT2D eigenvalue weighted by Crippen LogP contribution is -2.41. The molecule has 7 heteroatoms. The highest BCUT2D eigenvalue weighted by atomic mass is 127. The summed E-state index contributed by atoms with van der Waals surface area (Å²) >= 11 is 3.68. The second-order valence-electron chi connectivity index (χ2n) is 6.06. The second-order valence-corrected chi connectivity index (χ2v) is 8.66. The van der Waals surface area contributed by atoms with Crippen molar-refractivity contribution in [1.82, 2.24) is 15.6 Å². The maximum Gasteiger partial charge on any atom is 0.191 e. The average molecular weight is 488 g/mol. The summed E-state index contributed by atoms with van der Waals surface area (Å²) in [5.41, 5.74) is 1.15. The van der Waals surface area contributed by atoms with Gasteiger partial charge in [0.2, 0.25) is 0 Å². The Labute approximate surface area is 175 Å². The van der Waals surface area contributed by atoms with E-state index < -0.39 is 0 Å². The number of aliphatic imine (C=N–C) groups is 1. The monoisotopic (exact) mass is 488 g/mol. The minimum absolute atomic E-state index is 0. The van der Waals surface area contributed by atoms with E-state index in [9.17, 15) is 0 Å². The number of hydrogen-bond donors (Lipinski definition) is 2. The molecule has 1 aromatic heterocycles. The van der Waals surface area contributed by atoms with E-state index in [2.05, 4.69) is 56.3 Å². The summed E-state index contributed by atoms with van der Waals surface area (Å²) in [7, 11) is 1.83. The number of guanidine groups is 1. The minimum Gasteiger partial charge on any atom is -0.356 e. The molecule has 2 N–H and O–H groups in total. The van der Waals surface area contributed by atoms with Crippen molar-refractivity contribution in [3.8, 4) is 0 Å². The number of rotatable bonds is 7. The normalized spacial score (nSPS) is 15.4. The van der Waals surface area contributed by atoms with E-state index in [1.807, 2.05) is 25.7 Å². The lowest BCUT2D eigenvalue weighted by atomic mass is 10.3. The third-order valence-corrected chi connectivity index (χ3v) is 6.34. The Kier molecular flexibility index (Phi) is 8.02. The smallest absolute Gasteiger partial charge is 0.191 e. The highest BCUT2D eigenvalue weighted by Gasteiger charge is 2.43. The summed E-state index contributed by atoms with van der Waals surface area (Å²) in [4.78, 5) is 10.2. The molecule has 0 atom stereocenters. The van der Waals surface area contributed by atoms with E-state index >= 15 is 0 Å². The minimum atomic E-state index is 0. The standard InChI is InChI=1S/C18H24N4S2.HI/c1-14-22-15(12-23-14)8-11-20-17(19-2)21-13-18(9-10-18)24-16-6-4-3-5-7-16;/h3-7,12H,8-11,13H2,1-2H3,(H2,19,20,21);1H. The Balaban J connectivity index is 0.00000225. The zero-order chi connectivity index (χ0) is 16.8. The van der Waals surface area contributed by atoms with Crippen molar-refractivity contribution in [2.45, 2.75) is 35.8 Å². The number of thiazole rings is 1. The van der Waals surface area contributed by atoms with Crippen molar-refractivity contribution in [3.05, 3.63) is 46.4 Å². The van der Waals surface area contributed by atoms with Gasteiger partial charge in [-0.05, 0) is 31.9 Å². The Hall–Kier alpha value is -0.800. The quantitative estimate of drug-likeness (QED) is 0.350. The van der Waals surface area contributed by atoms with Gasteiger partial charge < -0.3 is 10.6 Å². The number of benzene rings is 1. The van der Waals surface area contributed by atoms with Crippen LogP contribution in [0, 0.1) is 6.92 Å². The van der Waals surface area contributed by atoms with Gasteiger partial charge in [-0.2, -0.15) is 0 Å². The van der Waals surface area contributed by atoms with Gasteiger partial charge in [0.05, 0.1) is 10.7 Å². The van der Waals surface area contributed by atoms with Gasteiger partial charge in [0, 0.05) is 41.6 Å². The number of hydrogen-bond acceptors (Lipinski definition) is 4. The molecular weight excluding hydrogens is 463 g/mol. The molecule has 0 spiro atoms. The van der Waals surface area contributed by atoms with Gasteiger partial charge in [0.25, 0.3) is 0 Å². The van der Waals surface area contributed by atoms with E-state index in [1.165, 1.54) is 17.7 Å². The lowest BCUT2D eigenvalue weighted by molar-refractivity contribution is 0.756. The van der Waals surface area contributed by atoms with Gasteiger partial charge in [0.1, 0.15) is 0 Å². The molecule has 1 aliphatic rings. The van der Waals surface area contributed by atoms with Crippen molar-refractivity contribution in [2.24, 2.45) is 4.99 Å². The first-order valence-corrected chi connectivity index (χ1v) is 9.98. The molecule has 0 amide bonds. The van der Waals surface area contributed by atoms with Crippen LogP contribution >= 0.6 is 47.1 Å². The van der Waals surface area contributed by atoms with E-state index in [0.717, 1.165) is 36.2 Å². The largest absolute Gasteiger partial charge is 0.356 e. The van der Waals surface area contributed by atoms with E-state index in [-0.39, 0.29) is 24.0 Å². The van der Waals surface area contributed by atoms with Gasteiger partial charge in [-0.15, -0.1) is 47.1 Å². The first kappa shape index (κ1) is 20.5. The molecule has 4 nitrogen and oxygen atoms in total. The SMILES string of the molecule is CN=C(NCCc1csc(C)n1)NCC1(Sc2ccccc2)CC1.I. The number of aryl methyl sites for hydroxylation is 1. The molecule has 25 heavy (non-hydrogen) atoms. The number of thioether (sulfide) groups is 1. The van der Waals surface area contributed by atoms with Crippen molar-refractivity contribution in [1.29, 1.82) is 0 Å². The maximum absolute atomic E-state index is 4.49. The first-order chi connectivity index (χ1) is 11.7. The first-order valence-electron chi connectivity index (χ1n) is 8.29. The topological polar surface area (TPSA) is 49.3 Å². The van der Waals surface area contributed by atoms with Crippen LogP contribution in [0.15, 0.2) is 45.6 Å². The Morgan fingerprint density at radius 2 is 2.04 bits per heavy atom. The van der Waals surface area contributed by atoms with Gasteiger partial charge in [-0.1, -0.05) is 18.2 Å². The summed E-state index contributed by atoms with van der Waals surface area (Å²) in [6, 6.07) is 10.7. The molecule has 0 aliphatic heterocycles. The summed E-state index contributed by atoms with van der Waals surface area (Å²) in [5, 5.41) is 10.1. The molecule has 0 unspecified atom stereocenters. The van der Waals surface area contributed by atoms with Crippen LogP contribution in [0.5, 0.6) is 0 Å². The number of nitrogens with one attached hydrogen (secondary N) is 2. The fourth-order valence-corrected chi connectivity index (χ4v) is 4.38. The van der Waals surface area contributed by atoms with Gasteiger partial charge in [0.15, 0.2) is 5.96 Å². The maximum atomic E-state index is 4.49. The van der Waals surface area contributed by atoms with E-state index in [1.54, 1.807) is 11.3 Å². The molecule has 1 aromatic carbocycles. The van der Waals surface area contributed by atoms with Crippen LogP contribution in [0.2, 0.25) is 0 Å². The Bertz CT molecular complexity index is 683. The number of aromatic nitrogens is 1. The lowest BCUT2D eigenvalue weighted by Gasteiger charge is -2.18. The number of halogens is 1. The molecular formula is C18H25IN4S2. The highest BCUT2D eigenvalue weighted by molar-refractivity contribution is 14.0.